The molecule has 26 heavy (non-hydrogen) atoms. The van der Waals surface area contributed by atoms with Gasteiger partial charge in [0.15, 0.2) is 0 Å². The molecule has 0 spiro atoms. The van der Waals surface area contributed by atoms with Crippen molar-refractivity contribution in [3.8, 4) is 0 Å². The van der Waals surface area contributed by atoms with Gasteiger partial charge in [-0.3, -0.25) is 14.7 Å². The van der Waals surface area contributed by atoms with Gasteiger partial charge in [0.25, 0.3) is 5.91 Å². The van der Waals surface area contributed by atoms with Gasteiger partial charge in [-0.25, -0.2) is 0 Å². The largest absolute Gasteiger partial charge is 0.465 e. The fourth-order valence-corrected chi connectivity index (χ4v) is 3.33. The van der Waals surface area contributed by atoms with Gasteiger partial charge in [0, 0.05) is 36.7 Å². The number of nitrogens with zero attached hydrogens (tertiary/aromatic N) is 2. The quantitative estimate of drug-likeness (QED) is 0.780. The number of hydrogen-bond donors (Lipinski definition) is 1. The number of nitrogens with one attached hydrogen (secondary N) is 1. The van der Waals surface area contributed by atoms with Gasteiger partial charge < -0.3 is 9.73 Å². The van der Waals surface area contributed by atoms with Gasteiger partial charge in [0.05, 0.1) is 6.54 Å². The Kier molecular flexibility index (Phi) is 4.54. The minimum atomic E-state index is -0.119. The highest BCUT2D eigenvalue weighted by atomic mass is 16.3. The van der Waals surface area contributed by atoms with Gasteiger partial charge in [-0.15, -0.1) is 0 Å². The first-order valence-corrected chi connectivity index (χ1v) is 8.78. The van der Waals surface area contributed by atoms with Crippen LogP contribution in [-0.2, 0) is 19.5 Å². The summed E-state index contributed by atoms with van der Waals surface area (Å²) < 4.78 is 5.70. The molecule has 132 valence electrons. The Morgan fingerprint density at radius 1 is 1.15 bits per heavy atom. The van der Waals surface area contributed by atoms with Crippen LogP contribution >= 0.6 is 0 Å². The maximum absolute atomic E-state index is 12.3. The lowest BCUT2D eigenvalue weighted by molar-refractivity contribution is 0.102. The summed E-state index contributed by atoms with van der Waals surface area (Å²) in [5.41, 5.74) is 4.03. The summed E-state index contributed by atoms with van der Waals surface area (Å²) >= 11 is 0. The zero-order valence-corrected chi connectivity index (χ0v) is 14.7. The first kappa shape index (κ1) is 16.5. The molecule has 1 aromatic carbocycles. The Balaban J connectivity index is 1.46. The molecule has 5 heteroatoms. The lowest BCUT2D eigenvalue weighted by Gasteiger charge is -2.28. The average molecular weight is 347 g/mol. The third-order valence-corrected chi connectivity index (χ3v) is 4.67. The number of hydrogen-bond acceptors (Lipinski definition) is 4. The molecule has 0 atom stereocenters. The second-order valence-corrected chi connectivity index (χ2v) is 6.65. The molecule has 2 aromatic heterocycles. The number of benzene rings is 1. The van der Waals surface area contributed by atoms with Crippen LogP contribution in [-0.4, -0.2) is 22.3 Å². The molecule has 5 nitrogen and oxygen atoms in total. The maximum atomic E-state index is 12.3. The number of aromatic nitrogens is 1. The van der Waals surface area contributed by atoms with E-state index in [4.69, 9.17) is 4.42 Å². The molecule has 1 aliphatic heterocycles. The normalized spacial score (nSPS) is 14.0. The number of furan rings is 1. The van der Waals surface area contributed by atoms with Crippen molar-refractivity contribution >= 4 is 11.6 Å². The van der Waals surface area contributed by atoms with E-state index in [2.05, 4.69) is 27.3 Å². The van der Waals surface area contributed by atoms with E-state index in [0.29, 0.717) is 5.56 Å². The van der Waals surface area contributed by atoms with Crippen molar-refractivity contribution in [2.75, 3.05) is 11.9 Å². The Labute approximate surface area is 152 Å². The lowest BCUT2D eigenvalue weighted by atomic mass is 9.99. The van der Waals surface area contributed by atoms with E-state index in [1.807, 2.05) is 25.1 Å². The van der Waals surface area contributed by atoms with Crippen molar-refractivity contribution in [1.82, 2.24) is 9.88 Å². The summed E-state index contributed by atoms with van der Waals surface area (Å²) in [6.07, 6.45) is 4.25. The summed E-state index contributed by atoms with van der Waals surface area (Å²) in [4.78, 5) is 18.6. The van der Waals surface area contributed by atoms with Gasteiger partial charge in [0.2, 0.25) is 0 Å². The summed E-state index contributed by atoms with van der Waals surface area (Å²) in [6, 6.07) is 13.6. The van der Waals surface area contributed by atoms with Crippen molar-refractivity contribution in [1.29, 1.82) is 0 Å². The summed E-state index contributed by atoms with van der Waals surface area (Å²) in [7, 11) is 0. The topological polar surface area (TPSA) is 58.4 Å². The molecule has 0 unspecified atom stereocenters. The number of anilines is 1. The SMILES string of the molecule is Cc1ccc(CN2CCc3ccc(NC(=O)c4ccncc4)cc3C2)o1. The van der Waals surface area contributed by atoms with E-state index in [1.165, 1.54) is 11.1 Å². The predicted octanol–water partition coefficient (Wildman–Crippen LogP) is 3.79. The molecule has 0 aliphatic carbocycles. The van der Waals surface area contributed by atoms with Crippen molar-refractivity contribution in [2.24, 2.45) is 0 Å². The van der Waals surface area contributed by atoms with Crippen molar-refractivity contribution in [2.45, 2.75) is 26.4 Å². The van der Waals surface area contributed by atoms with E-state index in [9.17, 15) is 4.79 Å². The van der Waals surface area contributed by atoms with Crippen molar-refractivity contribution < 1.29 is 9.21 Å². The van der Waals surface area contributed by atoms with Crippen LogP contribution in [0, 0.1) is 6.92 Å². The molecule has 4 rings (SSSR count). The van der Waals surface area contributed by atoms with Crippen LogP contribution in [0.3, 0.4) is 0 Å². The molecule has 1 aliphatic rings. The average Bonchev–Trinajstić information content (AvgIpc) is 3.07. The number of fused-ring (bicyclic) bond motifs is 1. The van der Waals surface area contributed by atoms with E-state index in [-0.39, 0.29) is 5.91 Å². The monoisotopic (exact) mass is 347 g/mol. The van der Waals surface area contributed by atoms with Crippen molar-refractivity contribution in [3.05, 3.63) is 83.1 Å². The van der Waals surface area contributed by atoms with Crippen LogP contribution in [0.25, 0.3) is 0 Å². The summed E-state index contributed by atoms with van der Waals surface area (Å²) in [5, 5.41) is 2.97. The Hall–Kier alpha value is -2.92. The highest BCUT2D eigenvalue weighted by Gasteiger charge is 2.18. The van der Waals surface area contributed by atoms with E-state index in [1.54, 1.807) is 24.5 Å². The van der Waals surface area contributed by atoms with Crippen LogP contribution in [0.4, 0.5) is 5.69 Å². The minimum Gasteiger partial charge on any atom is -0.465 e. The van der Waals surface area contributed by atoms with Crippen LogP contribution in [0.5, 0.6) is 0 Å². The summed E-state index contributed by atoms with van der Waals surface area (Å²) in [6.45, 7) is 4.64. The first-order chi connectivity index (χ1) is 12.7. The number of aryl methyl sites for hydroxylation is 1. The van der Waals surface area contributed by atoms with Crippen molar-refractivity contribution in [3.63, 3.8) is 0 Å². The van der Waals surface area contributed by atoms with Gasteiger partial charge in [-0.05, 0) is 60.9 Å². The van der Waals surface area contributed by atoms with E-state index in [0.717, 1.165) is 43.3 Å². The van der Waals surface area contributed by atoms with Gasteiger partial charge in [-0.1, -0.05) is 6.07 Å². The number of amides is 1. The molecule has 3 aromatic rings. The molecule has 0 bridgehead atoms. The zero-order chi connectivity index (χ0) is 17.9. The second-order valence-electron chi connectivity index (χ2n) is 6.65. The number of carbonyl (C=O) groups excluding carboxylic acids is 1. The minimum absolute atomic E-state index is 0.119. The Morgan fingerprint density at radius 3 is 2.77 bits per heavy atom. The maximum Gasteiger partial charge on any atom is 0.255 e. The number of rotatable bonds is 4. The molecule has 0 saturated heterocycles. The molecule has 0 fully saturated rings. The molecule has 1 amide bonds. The van der Waals surface area contributed by atoms with Crippen LogP contribution in [0.2, 0.25) is 0 Å². The van der Waals surface area contributed by atoms with Gasteiger partial charge >= 0.3 is 0 Å². The zero-order valence-electron chi connectivity index (χ0n) is 14.7. The molecule has 0 radical (unpaired) electrons. The first-order valence-electron chi connectivity index (χ1n) is 8.78. The highest BCUT2D eigenvalue weighted by Crippen LogP contribution is 2.24. The van der Waals surface area contributed by atoms with Crippen LogP contribution < -0.4 is 5.32 Å². The molecular formula is C21H21N3O2. The van der Waals surface area contributed by atoms with E-state index >= 15 is 0 Å². The number of carbonyl (C=O) groups is 1. The second kappa shape index (κ2) is 7.14. The third-order valence-electron chi connectivity index (χ3n) is 4.67. The molecule has 1 N–H and O–H groups in total. The molecule has 0 saturated carbocycles. The molecular weight excluding hydrogens is 326 g/mol. The van der Waals surface area contributed by atoms with Gasteiger partial charge in [-0.2, -0.15) is 0 Å². The fourth-order valence-electron chi connectivity index (χ4n) is 3.33. The Bertz CT molecular complexity index is 918. The van der Waals surface area contributed by atoms with Gasteiger partial charge in [0.1, 0.15) is 11.5 Å². The fraction of sp³-hybridized carbons (Fsp3) is 0.238. The number of pyridine rings is 1. The van der Waals surface area contributed by atoms with Crippen LogP contribution in [0.15, 0.2) is 59.3 Å². The van der Waals surface area contributed by atoms with E-state index < -0.39 is 0 Å². The highest BCUT2D eigenvalue weighted by molar-refractivity contribution is 6.04. The molecule has 3 heterocycles. The van der Waals surface area contributed by atoms with Crippen LogP contribution in [0.1, 0.15) is 33.0 Å². The Morgan fingerprint density at radius 2 is 2.00 bits per heavy atom. The lowest BCUT2D eigenvalue weighted by Crippen LogP contribution is -2.30. The smallest absolute Gasteiger partial charge is 0.255 e. The third kappa shape index (κ3) is 3.68. The standard InChI is InChI=1S/C21H21N3O2/c1-15-2-5-20(26-15)14-24-11-8-16-3-4-19(12-18(16)13-24)23-21(25)17-6-9-22-10-7-17/h2-7,9-10,12H,8,11,13-14H2,1H3,(H,23,25). The summed E-state index contributed by atoms with van der Waals surface area (Å²) in [5.74, 6) is 1.82. The predicted molar refractivity (Wildman–Crippen MR) is 99.9 cm³/mol.